The van der Waals surface area contributed by atoms with Crippen LogP contribution in [-0.2, 0) is 9.16 Å². The molecule has 0 radical (unpaired) electrons. The molecule has 0 saturated carbocycles. The number of anilines is 1. The predicted molar refractivity (Wildman–Crippen MR) is 135 cm³/mol. The van der Waals surface area contributed by atoms with Crippen molar-refractivity contribution in [1.82, 2.24) is 0 Å². The van der Waals surface area contributed by atoms with E-state index in [0.717, 1.165) is 22.6 Å². The molecule has 0 spiro atoms. The molecule has 0 fully saturated rings. The van der Waals surface area contributed by atoms with E-state index >= 15 is 0 Å². The van der Waals surface area contributed by atoms with Gasteiger partial charge in [0.2, 0.25) is 0 Å². The topological polar surface area (TPSA) is 38.8 Å². The van der Waals surface area contributed by atoms with E-state index in [2.05, 4.69) is 65.8 Å². The largest absolute Gasteiger partial charge is 0.542 e. The number of nitrogens with zero attached hydrogens (tertiary/aromatic N) is 1. The Hall–Kier alpha value is -2.53. The van der Waals surface area contributed by atoms with Crippen LogP contribution in [0.1, 0.15) is 65.6 Å². The van der Waals surface area contributed by atoms with Gasteiger partial charge >= 0.3 is 6.09 Å². The van der Waals surface area contributed by atoms with Crippen molar-refractivity contribution in [3.05, 3.63) is 71.8 Å². The lowest BCUT2D eigenvalue weighted by molar-refractivity contribution is 0.158. The molecule has 2 aromatic carbocycles. The zero-order valence-electron chi connectivity index (χ0n) is 20.5. The van der Waals surface area contributed by atoms with Crippen molar-refractivity contribution in [1.29, 1.82) is 0 Å². The van der Waals surface area contributed by atoms with E-state index in [0.29, 0.717) is 23.2 Å². The molecule has 4 nitrogen and oxygen atoms in total. The van der Waals surface area contributed by atoms with Crippen molar-refractivity contribution in [3.63, 3.8) is 0 Å². The van der Waals surface area contributed by atoms with Gasteiger partial charge in [0.15, 0.2) is 0 Å². The molecule has 1 aliphatic rings. The van der Waals surface area contributed by atoms with Crippen molar-refractivity contribution in [2.24, 2.45) is 0 Å². The maximum Gasteiger partial charge on any atom is 0.415 e. The van der Waals surface area contributed by atoms with Crippen LogP contribution in [0.25, 0.3) is 5.76 Å². The number of fused-ring (bicyclic) bond motifs is 1. The first-order valence-electron chi connectivity index (χ1n) is 11.7. The Morgan fingerprint density at radius 2 is 1.47 bits per heavy atom. The maximum atomic E-state index is 13.1. The Balaban J connectivity index is 2.20. The molecule has 1 heterocycles. The highest BCUT2D eigenvalue weighted by molar-refractivity contribution is 6.78. The Morgan fingerprint density at radius 3 is 2.03 bits per heavy atom. The Bertz CT molecular complexity index is 931. The molecule has 3 rings (SSSR count). The van der Waals surface area contributed by atoms with Crippen LogP contribution in [0.15, 0.2) is 60.7 Å². The van der Waals surface area contributed by atoms with Crippen molar-refractivity contribution in [2.75, 3.05) is 11.5 Å². The average Bonchev–Trinajstić information content (AvgIpc) is 2.76. The Morgan fingerprint density at radius 1 is 0.906 bits per heavy atom. The van der Waals surface area contributed by atoms with E-state index in [4.69, 9.17) is 9.16 Å². The van der Waals surface area contributed by atoms with Crippen LogP contribution >= 0.6 is 0 Å². The molecule has 32 heavy (non-hydrogen) atoms. The number of benzene rings is 2. The number of hydrogen-bond donors (Lipinski definition) is 0. The lowest BCUT2D eigenvalue weighted by atomic mass is 9.96. The highest BCUT2D eigenvalue weighted by Gasteiger charge is 2.48. The Labute approximate surface area is 194 Å². The average molecular weight is 452 g/mol. The van der Waals surface area contributed by atoms with E-state index in [-0.39, 0.29) is 12.1 Å². The standard InChI is InChI=1S/C27H37NO3Si/c1-8-30-27(29)28-24-17-13-12-16-23(24)26(18-25(28)22-14-10-9-11-15-22)31-32(19(2)3,20(4)5)21(6)7/h9-21,25H,8H2,1-7H3. The number of hydrogen-bond acceptors (Lipinski definition) is 3. The van der Waals surface area contributed by atoms with Gasteiger partial charge in [-0.25, -0.2) is 4.79 Å². The lowest BCUT2D eigenvalue weighted by Gasteiger charge is -2.45. The van der Waals surface area contributed by atoms with Gasteiger partial charge in [0.05, 0.1) is 18.3 Å². The number of carbonyl (C=O) groups excluding carboxylic acids is 1. The monoisotopic (exact) mass is 451 g/mol. The molecular weight excluding hydrogens is 414 g/mol. The minimum absolute atomic E-state index is 0.293. The summed E-state index contributed by atoms with van der Waals surface area (Å²) in [5.41, 5.74) is 4.17. The summed E-state index contributed by atoms with van der Waals surface area (Å²) in [7, 11) is -2.18. The van der Waals surface area contributed by atoms with Crippen molar-refractivity contribution < 1.29 is 14.0 Å². The van der Waals surface area contributed by atoms with Crippen LogP contribution in [0.2, 0.25) is 16.6 Å². The lowest BCUT2D eigenvalue weighted by Crippen LogP contribution is -2.48. The van der Waals surface area contributed by atoms with Gasteiger partial charge in [0.1, 0.15) is 5.76 Å². The fraction of sp³-hybridized carbons (Fsp3) is 0.444. The molecule has 172 valence electrons. The van der Waals surface area contributed by atoms with Crippen LogP contribution in [0.3, 0.4) is 0 Å². The van der Waals surface area contributed by atoms with Crippen LogP contribution in [-0.4, -0.2) is 21.0 Å². The van der Waals surface area contributed by atoms with E-state index in [9.17, 15) is 4.79 Å². The minimum Gasteiger partial charge on any atom is -0.542 e. The van der Waals surface area contributed by atoms with Gasteiger partial charge in [-0.15, -0.1) is 0 Å². The number of rotatable bonds is 7. The van der Waals surface area contributed by atoms with Crippen LogP contribution < -0.4 is 4.90 Å². The SMILES string of the molecule is CCOC(=O)N1c2ccccc2C(O[Si](C(C)C)(C(C)C)C(C)C)=CC1c1ccccc1. The summed E-state index contributed by atoms with van der Waals surface area (Å²) in [6.45, 7) is 15.9. The van der Waals surface area contributed by atoms with Gasteiger partial charge in [-0.05, 0) is 47.3 Å². The molecule has 1 atom stereocenters. The van der Waals surface area contributed by atoms with Gasteiger partial charge in [0, 0.05) is 5.56 Å². The first kappa shape index (κ1) is 24.1. The second kappa shape index (κ2) is 9.95. The van der Waals surface area contributed by atoms with E-state index in [1.54, 1.807) is 4.90 Å². The highest BCUT2D eigenvalue weighted by atomic mass is 28.4. The molecule has 5 heteroatoms. The van der Waals surface area contributed by atoms with Crippen LogP contribution in [0, 0.1) is 0 Å². The molecule has 1 unspecified atom stereocenters. The molecule has 2 aromatic rings. The van der Waals surface area contributed by atoms with E-state index < -0.39 is 8.32 Å². The molecule has 1 amide bonds. The van der Waals surface area contributed by atoms with Crippen molar-refractivity contribution in [2.45, 2.75) is 71.1 Å². The zero-order valence-corrected chi connectivity index (χ0v) is 21.5. The first-order chi connectivity index (χ1) is 15.2. The molecule has 1 aliphatic heterocycles. The third-order valence-corrected chi connectivity index (χ3v) is 12.6. The van der Waals surface area contributed by atoms with E-state index in [1.165, 1.54) is 0 Å². The molecule has 0 N–H and O–H groups in total. The third-order valence-electron chi connectivity index (χ3n) is 6.62. The molecule has 0 bridgehead atoms. The highest BCUT2D eigenvalue weighted by Crippen LogP contribution is 2.48. The number of amides is 1. The van der Waals surface area contributed by atoms with Crippen molar-refractivity contribution in [3.8, 4) is 0 Å². The molecular formula is C27H37NO3Si. The zero-order chi connectivity index (χ0) is 23.5. The summed E-state index contributed by atoms with van der Waals surface area (Å²) in [5, 5.41) is 0. The van der Waals surface area contributed by atoms with Crippen LogP contribution in [0.5, 0.6) is 0 Å². The second-order valence-corrected chi connectivity index (χ2v) is 14.8. The summed E-state index contributed by atoms with van der Waals surface area (Å²) in [6, 6.07) is 17.8. The maximum absolute atomic E-state index is 13.1. The molecule has 0 aliphatic carbocycles. The summed E-state index contributed by atoms with van der Waals surface area (Å²) in [5.74, 6) is 0.887. The smallest absolute Gasteiger partial charge is 0.415 e. The predicted octanol–water partition coefficient (Wildman–Crippen LogP) is 7.94. The summed E-state index contributed by atoms with van der Waals surface area (Å²) in [4.78, 5) is 14.9. The fourth-order valence-corrected chi connectivity index (χ4v) is 10.5. The van der Waals surface area contributed by atoms with Gasteiger partial charge in [-0.2, -0.15) is 0 Å². The molecule has 0 saturated heterocycles. The quantitative estimate of drug-likeness (QED) is 0.401. The first-order valence-corrected chi connectivity index (χ1v) is 13.9. The fourth-order valence-electron chi connectivity index (χ4n) is 5.28. The minimum atomic E-state index is -2.18. The van der Waals surface area contributed by atoms with Gasteiger partial charge in [-0.1, -0.05) is 84.0 Å². The third kappa shape index (κ3) is 4.36. The van der Waals surface area contributed by atoms with E-state index in [1.807, 2.05) is 43.3 Å². The van der Waals surface area contributed by atoms with Gasteiger partial charge in [0.25, 0.3) is 8.32 Å². The van der Waals surface area contributed by atoms with Gasteiger partial charge in [-0.3, -0.25) is 4.90 Å². The summed E-state index contributed by atoms with van der Waals surface area (Å²) in [6.07, 6.45) is 1.77. The normalized spacial score (nSPS) is 16.2. The van der Waals surface area contributed by atoms with Gasteiger partial charge < -0.3 is 9.16 Å². The second-order valence-electron chi connectivity index (χ2n) is 9.39. The summed E-state index contributed by atoms with van der Waals surface area (Å²) < 4.78 is 12.6. The summed E-state index contributed by atoms with van der Waals surface area (Å²) >= 11 is 0. The number of para-hydroxylation sites is 1. The van der Waals surface area contributed by atoms with Crippen LogP contribution in [0.4, 0.5) is 10.5 Å². The number of carbonyl (C=O) groups is 1. The Kier molecular flexibility index (Phi) is 7.50. The van der Waals surface area contributed by atoms with Crippen molar-refractivity contribution >= 4 is 25.9 Å². The number of ether oxygens (including phenoxy) is 1. The molecule has 0 aromatic heterocycles.